The number of benzene rings is 2. The molecule has 0 fully saturated rings. The van der Waals surface area contributed by atoms with Crippen LogP contribution in [0.5, 0.6) is 0 Å². The third kappa shape index (κ3) is 4.42. The number of nitrogens with one attached hydrogen (secondary N) is 1. The van der Waals surface area contributed by atoms with E-state index >= 15 is 0 Å². The fourth-order valence-corrected chi connectivity index (χ4v) is 5.55. The van der Waals surface area contributed by atoms with Crippen LogP contribution >= 0.6 is 23.2 Å². The van der Waals surface area contributed by atoms with Gasteiger partial charge >= 0.3 is 0 Å². The first-order valence-corrected chi connectivity index (χ1v) is 12.1. The molecule has 2 aromatic carbocycles. The second-order valence-corrected chi connectivity index (χ2v) is 10.2. The average molecular weight is 479 g/mol. The molecule has 0 saturated heterocycles. The number of amides is 1. The number of halogens is 2. The van der Waals surface area contributed by atoms with E-state index in [1.165, 1.54) is 10.6 Å². The van der Waals surface area contributed by atoms with Gasteiger partial charge in [0, 0.05) is 27.7 Å². The fraction of sp³-hybridized carbons (Fsp3) is 0.238. The molecule has 0 saturated carbocycles. The lowest BCUT2D eigenvalue weighted by atomic mass is 10.1. The Hall–Kier alpha value is -2.55. The Morgan fingerprint density at radius 1 is 1.19 bits per heavy atom. The highest BCUT2D eigenvalue weighted by Crippen LogP contribution is 2.34. The molecule has 4 rings (SSSR count). The lowest BCUT2D eigenvalue weighted by Crippen LogP contribution is -2.34. The lowest BCUT2D eigenvalue weighted by molar-refractivity contribution is 0.102. The average Bonchev–Trinajstić information content (AvgIpc) is 3.25. The number of rotatable bonds is 5. The van der Waals surface area contributed by atoms with Gasteiger partial charge < -0.3 is 5.32 Å². The summed E-state index contributed by atoms with van der Waals surface area (Å²) < 4.78 is 27.2. The predicted octanol–water partition coefficient (Wildman–Crippen LogP) is 4.20. The van der Waals surface area contributed by atoms with Crippen molar-refractivity contribution in [2.24, 2.45) is 0 Å². The van der Waals surface area contributed by atoms with Gasteiger partial charge in [-0.3, -0.25) is 9.10 Å². The standard InChI is InChI=1S/C21H20Cl2N4O3S/c1-13-9-16-10-14(4-6-19(16)27(13)31(2,29)30)21(28)25-20-7-8-24-26(20)12-15-3-5-17(22)11-18(15)23/h3-8,10-11,13H,9,12H2,1-2H3,(H,25,28). The highest BCUT2D eigenvalue weighted by molar-refractivity contribution is 7.92. The van der Waals surface area contributed by atoms with Crippen LogP contribution in [0.25, 0.3) is 0 Å². The number of hydrogen-bond acceptors (Lipinski definition) is 4. The summed E-state index contributed by atoms with van der Waals surface area (Å²) in [6, 6.07) is 11.8. The summed E-state index contributed by atoms with van der Waals surface area (Å²) in [4.78, 5) is 12.9. The van der Waals surface area contributed by atoms with Gasteiger partial charge in [0.15, 0.2) is 0 Å². The number of carbonyl (C=O) groups is 1. The van der Waals surface area contributed by atoms with Crippen molar-refractivity contribution in [1.29, 1.82) is 0 Å². The van der Waals surface area contributed by atoms with E-state index in [0.717, 1.165) is 11.1 Å². The number of aromatic nitrogens is 2. The molecule has 10 heteroatoms. The van der Waals surface area contributed by atoms with E-state index in [0.29, 0.717) is 40.1 Å². The molecule has 0 spiro atoms. The smallest absolute Gasteiger partial charge is 0.256 e. The molecule has 0 bridgehead atoms. The molecule has 0 aliphatic carbocycles. The topological polar surface area (TPSA) is 84.3 Å². The second-order valence-electron chi connectivity index (χ2n) is 7.52. The molecule has 1 aliphatic heterocycles. The van der Waals surface area contributed by atoms with Crippen molar-refractivity contribution in [2.75, 3.05) is 15.9 Å². The zero-order valence-electron chi connectivity index (χ0n) is 16.8. The molecule has 2 heterocycles. The van der Waals surface area contributed by atoms with Crippen LogP contribution < -0.4 is 9.62 Å². The molecule has 3 aromatic rings. The molecule has 1 N–H and O–H groups in total. The largest absolute Gasteiger partial charge is 0.307 e. The molecule has 1 aliphatic rings. The Kier molecular flexibility index (Phi) is 5.72. The summed E-state index contributed by atoms with van der Waals surface area (Å²) in [6.45, 7) is 2.21. The maximum Gasteiger partial charge on any atom is 0.256 e. The van der Waals surface area contributed by atoms with Gasteiger partial charge in [0.2, 0.25) is 10.0 Å². The Morgan fingerprint density at radius 2 is 1.97 bits per heavy atom. The zero-order valence-corrected chi connectivity index (χ0v) is 19.2. The first-order valence-electron chi connectivity index (χ1n) is 9.53. The molecule has 0 radical (unpaired) electrons. The van der Waals surface area contributed by atoms with Gasteiger partial charge in [-0.05, 0) is 54.8 Å². The maximum absolute atomic E-state index is 12.9. The van der Waals surface area contributed by atoms with Crippen molar-refractivity contribution in [2.45, 2.75) is 25.9 Å². The number of carbonyl (C=O) groups excluding carboxylic acids is 1. The quantitative estimate of drug-likeness (QED) is 0.595. The van der Waals surface area contributed by atoms with Crippen LogP contribution in [0.3, 0.4) is 0 Å². The van der Waals surface area contributed by atoms with Crippen molar-refractivity contribution in [1.82, 2.24) is 9.78 Å². The summed E-state index contributed by atoms with van der Waals surface area (Å²) in [5.41, 5.74) is 2.71. The van der Waals surface area contributed by atoms with Crippen molar-refractivity contribution in [3.05, 3.63) is 75.4 Å². The summed E-state index contributed by atoms with van der Waals surface area (Å²) in [7, 11) is -3.38. The number of sulfonamides is 1. The van der Waals surface area contributed by atoms with Crippen LogP contribution in [0.2, 0.25) is 10.0 Å². The second kappa shape index (κ2) is 8.18. The van der Waals surface area contributed by atoms with Crippen molar-refractivity contribution >= 4 is 50.6 Å². The minimum absolute atomic E-state index is 0.186. The van der Waals surface area contributed by atoms with Crippen LogP contribution in [-0.4, -0.2) is 36.4 Å². The predicted molar refractivity (Wildman–Crippen MR) is 123 cm³/mol. The van der Waals surface area contributed by atoms with Gasteiger partial charge in [0.05, 0.1) is 24.7 Å². The monoisotopic (exact) mass is 478 g/mol. The van der Waals surface area contributed by atoms with Crippen LogP contribution in [0.15, 0.2) is 48.7 Å². The molecule has 1 amide bonds. The Labute approximate surface area is 190 Å². The third-order valence-corrected chi connectivity index (χ3v) is 7.00. The van der Waals surface area contributed by atoms with Crippen LogP contribution in [0.1, 0.15) is 28.4 Å². The first-order chi connectivity index (χ1) is 14.6. The summed E-state index contributed by atoms with van der Waals surface area (Å²) in [5, 5.41) is 8.19. The highest BCUT2D eigenvalue weighted by Gasteiger charge is 2.32. The lowest BCUT2D eigenvalue weighted by Gasteiger charge is -2.21. The molecular formula is C21H20Cl2N4O3S. The third-order valence-electron chi connectivity index (χ3n) is 5.15. The SMILES string of the molecule is CC1Cc2cc(C(=O)Nc3ccnn3Cc3ccc(Cl)cc3Cl)ccc2N1S(C)(=O)=O. The van der Waals surface area contributed by atoms with Crippen molar-refractivity contribution in [3.8, 4) is 0 Å². The van der Waals surface area contributed by atoms with Gasteiger partial charge in [-0.2, -0.15) is 5.10 Å². The minimum Gasteiger partial charge on any atom is -0.307 e. The van der Waals surface area contributed by atoms with Gasteiger partial charge in [-0.15, -0.1) is 0 Å². The highest BCUT2D eigenvalue weighted by atomic mass is 35.5. The summed E-state index contributed by atoms with van der Waals surface area (Å²) in [5.74, 6) is 0.208. The van der Waals surface area contributed by atoms with Crippen LogP contribution in [0.4, 0.5) is 11.5 Å². The Balaban J connectivity index is 1.54. The molecule has 31 heavy (non-hydrogen) atoms. The first kappa shape index (κ1) is 21.7. The Morgan fingerprint density at radius 3 is 2.68 bits per heavy atom. The number of hydrogen-bond donors (Lipinski definition) is 1. The summed E-state index contributed by atoms with van der Waals surface area (Å²) in [6.07, 6.45) is 3.33. The van der Waals surface area contributed by atoms with Crippen molar-refractivity contribution in [3.63, 3.8) is 0 Å². The van der Waals surface area contributed by atoms with Crippen LogP contribution in [0, 0.1) is 0 Å². The number of anilines is 2. The van der Waals surface area contributed by atoms with Gasteiger partial charge in [-0.25, -0.2) is 13.1 Å². The van der Waals surface area contributed by atoms with E-state index in [9.17, 15) is 13.2 Å². The fourth-order valence-electron chi connectivity index (χ4n) is 3.81. The van der Waals surface area contributed by atoms with Gasteiger partial charge in [-0.1, -0.05) is 29.3 Å². The molecule has 1 aromatic heterocycles. The van der Waals surface area contributed by atoms with E-state index < -0.39 is 10.0 Å². The number of nitrogens with zero attached hydrogens (tertiary/aromatic N) is 3. The summed E-state index contributed by atoms with van der Waals surface area (Å²) >= 11 is 12.2. The van der Waals surface area contributed by atoms with E-state index in [4.69, 9.17) is 23.2 Å². The molecule has 1 unspecified atom stereocenters. The Bertz CT molecular complexity index is 1270. The molecular weight excluding hydrogens is 459 g/mol. The number of fused-ring (bicyclic) bond motifs is 1. The van der Waals surface area contributed by atoms with Gasteiger partial charge in [0.25, 0.3) is 5.91 Å². The maximum atomic E-state index is 12.9. The zero-order chi connectivity index (χ0) is 22.3. The molecule has 7 nitrogen and oxygen atoms in total. The minimum atomic E-state index is -3.38. The van der Waals surface area contributed by atoms with E-state index in [2.05, 4.69) is 10.4 Å². The van der Waals surface area contributed by atoms with Gasteiger partial charge in [0.1, 0.15) is 5.82 Å². The molecule has 1 atom stereocenters. The van der Waals surface area contributed by atoms with E-state index in [1.807, 2.05) is 13.0 Å². The van der Waals surface area contributed by atoms with Crippen LogP contribution in [-0.2, 0) is 23.0 Å². The normalized spacial score (nSPS) is 15.7. The van der Waals surface area contributed by atoms with Crippen molar-refractivity contribution < 1.29 is 13.2 Å². The van der Waals surface area contributed by atoms with E-state index in [1.54, 1.807) is 47.3 Å². The van der Waals surface area contributed by atoms with E-state index in [-0.39, 0.29) is 11.9 Å². The molecule has 162 valence electrons.